The molecule has 0 aliphatic heterocycles. The lowest BCUT2D eigenvalue weighted by atomic mass is 9.90. The van der Waals surface area contributed by atoms with Crippen molar-refractivity contribution in [3.05, 3.63) is 34.9 Å². The summed E-state index contributed by atoms with van der Waals surface area (Å²) in [5.41, 5.74) is 4.05. The Labute approximate surface area is 127 Å². The highest BCUT2D eigenvalue weighted by Gasteiger charge is 2.11. The van der Waals surface area contributed by atoms with Crippen LogP contribution in [0.4, 0.5) is 0 Å². The molecule has 1 aromatic rings. The Morgan fingerprint density at radius 3 is 2.65 bits per heavy atom. The van der Waals surface area contributed by atoms with Gasteiger partial charge in [-0.05, 0) is 56.3 Å². The highest BCUT2D eigenvalue weighted by molar-refractivity contribution is 5.85. The summed E-state index contributed by atoms with van der Waals surface area (Å²) < 4.78 is 0. The SMILES string of the molecule is CNC(C)CNC(=O)Cc1ccc2c(c1)CCCC2.Cl. The van der Waals surface area contributed by atoms with E-state index < -0.39 is 0 Å². The molecule has 1 amide bonds. The van der Waals surface area contributed by atoms with E-state index in [4.69, 9.17) is 0 Å². The predicted octanol–water partition coefficient (Wildman–Crippen LogP) is 2.25. The summed E-state index contributed by atoms with van der Waals surface area (Å²) in [6.07, 6.45) is 5.43. The smallest absolute Gasteiger partial charge is 0.224 e. The van der Waals surface area contributed by atoms with Gasteiger partial charge in [-0.25, -0.2) is 0 Å². The minimum Gasteiger partial charge on any atom is -0.354 e. The number of amides is 1. The van der Waals surface area contributed by atoms with Crippen LogP contribution in [0.5, 0.6) is 0 Å². The molecule has 0 saturated heterocycles. The maximum absolute atomic E-state index is 11.9. The van der Waals surface area contributed by atoms with Crippen molar-refractivity contribution in [3.63, 3.8) is 0 Å². The molecule has 112 valence electrons. The van der Waals surface area contributed by atoms with Gasteiger partial charge in [0, 0.05) is 12.6 Å². The molecule has 1 atom stereocenters. The molecule has 0 spiro atoms. The van der Waals surface area contributed by atoms with Crippen LogP contribution in [0.3, 0.4) is 0 Å². The highest BCUT2D eigenvalue weighted by Crippen LogP contribution is 2.22. The third-order valence-corrected chi connectivity index (χ3v) is 3.88. The second-order valence-electron chi connectivity index (χ2n) is 5.48. The molecule has 4 heteroatoms. The van der Waals surface area contributed by atoms with E-state index in [0.717, 1.165) is 5.56 Å². The molecule has 0 aromatic heterocycles. The second kappa shape index (κ2) is 8.28. The Kier molecular flexibility index (Phi) is 7.03. The third kappa shape index (κ3) is 4.80. The van der Waals surface area contributed by atoms with Crippen LogP contribution in [0.1, 0.15) is 36.5 Å². The molecule has 0 bridgehead atoms. The lowest BCUT2D eigenvalue weighted by Gasteiger charge is -2.16. The monoisotopic (exact) mass is 296 g/mol. The van der Waals surface area contributed by atoms with Gasteiger partial charge in [-0.2, -0.15) is 0 Å². The van der Waals surface area contributed by atoms with Crippen molar-refractivity contribution in [1.29, 1.82) is 0 Å². The van der Waals surface area contributed by atoms with Crippen LogP contribution >= 0.6 is 12.4 Å². The van der Waals surface area contributed by atoms with Gasteiger partial charge in [0.25, 0.3) is 0 Å². The molecule has 1 aromatic carbocycles. The zero-order valence-corrected chi connectivity index (χ0v) is 13.2. The largest absolute Gasteiger partial charge is 0.354 e. The van der Waals surface area contributed by atoms with Crippen LogP contribution in [0.25, 0.3) is 0 Å². The van der Waals surface area contributed by atoms with Gasteiger partial charge in [0.2, 0.25) is 5.91 Å². The topological polar surface area (TPSA) is 41.1 Å². The van der Waals surface area contributed by atoms with Crippen LogP contribution in [0.15, 0.2) is 18.2 Å². The number of benzene rings is 1. The molecule has 0 saturated carbocycles. The van der Waals surface area contributed by atoms with Gasteiger partial charge in [-0.15, -0.1) is 12.4 Å². The van der Waals surface area contributed by atoms with Gasteiger partial charge in [-0.3, -0.25) is 4.79 Å². The summed E-state index contributed by atoms with van der Waals surface area (Å²) in [6, 6.07) is 6.83. The Bertz CT molecular complexity index is 448. The molecule has 2 N–H and O–H groups in total. The van der Waals surface area contributed by atoms with Gasteiger partial charge < -0.3 is 10.6 Å². The first kappa shape index (κ1) is 17.0. The molecule has 0 radical (unpaired) electrons. The molecule has 0 fully saturated rings. The molecule has 20 heavy (non-hydrogen) atoms. The number of fused-ring (bicyclic) bond motifs is 1. The van der Waals surface area contributed by atoms with Gasteiger partial charge in [0.1, 0.15) is 0 Å². The van der Waals surface area contributed by atoms with E-state index in [2.05, 4.69) is 35.8 Å². The normalized spacial score (nSPS) is 14.9. The van der Waals surface area contributed by atoms with Crippen molar-refractivity contribution in [1.82, 2.24) is 10.6 Å². The first-order valence-electron chi connectivity index (χ1n) is 7.23. The van der Waals surface area contributed by atoms with Crippen molar-refractivity contribution in [2.24, 2.45) is 0 Å². The Balaban J connectivity index is 0.00000200. The van der Waals surface area contributed by atoms with Crippen LogP contribution in [-0.4, -0.2) is 25.5 Å². The Morgan fingerprint density at radius 1 is 1.25 bits per heavy atom. The van der Waals surface area contributed by atoms with Crippen molar-refractivity contribution < 1.29 is 4.79 Å². The molecule has 3 nitrogen and oxygen atoms in total. The Morgan fingerprint density at radius 2 is 1.95 bits per heavy atom. The fraction of sp³-hybridized carbons (Fsp3) is 0.562. The van der Waals surface area contributed by atoms with E-state index in [1.807, 2.05) is 7.05 Å². The second-order valence-corrected chi connectivity index (χ2v) is 5.48. The van der Waals surface area contributed by atoms with Gasteiger partial charge in [0.05, 0.1) is 6.42 Å². The first-order chi connectivity index (χ1) is 9.19. The van der Waals surface area contributed by atoms with E-state index in [1.165, 1.54) is 36.8 Å². The third-order valence-electron chi connectivity index (χ3n) is 3.88. The average Bonchev–Trinajstić information content (AvgIpc) is 2.44. The number of rotatable bonds is 5. The molecule has 2 rings (SSSR count). The Hall–Kier alpha value is -1.06. The minimum absolute atomic E-state index is 0. The summed E-state index contributed by atoms with van der Waals surface area (Å²) in [4.78, 5) is 11.9. The van der Waals surface area contributed by atoms with Crippen LogP contribution in [0.2, 0.25) is 0 Å². The van der Waals surface area contributed by atoms with E-state index >= 15 is 0 Å². The fourth-order valence-corrected chi connectivity index (χ4v) is 2.51. The number of aryl methyl sites for hydroxylation is 2. The van der Waals surface area contributed by atoms with Crippen LogP contribution < -0.4 is 10.6 Å². The predicted molar refractivity (Wildman–Crippen MR) is 85.6 cm³/mol. The standard InChI is InChI=1S/C16H24N2O.ClH/c1-12(17-2)11-18-16(19)10-13-7-8-14-5-3-4-6-15(14)9-13;/h7-9,12,17H,3-6,10-11H2,1-2H3,(H,18,19);1H. The van der Waals surface area contributed by atoms with Gasteiger partial charge >= 0.3 is 0 Å². The number of hydrogen-bond acceptors (Lipinski definition) is 2. The van der Waals surface area contributed by atoms with E-state index in [1.54, 1.807) is 0 Å². The summed E-state index contributed by atoms with van der Waals surface area (Å²) >= 11 is 0. The number of likely N-dealkylation sites (N-methyl/N-ethyl adjacent to an activating group) is 1. The summed E-state index contributed by atoms with van der Waals surface area (Å²) in [7, 11) is 1.90. The molecular weight excluding hydrogens is 272 g/mol. The number of nitrogens with one attached hydrogen (secondary N) is 2. The lowest BCUT2D eigenvalue weighted by Crippen LogP contribution is -2.37. The van der Waals surface area contributed by atoms with Gasteiger partial charge in [-0.1, -0.05) is 18.2 Å². The highest BCUT2D eigenvalue weighted by atomic mass is 35.5. The van der Waals surface area contributed by atoms with E-state index in [0.29, 0.717) is 19.0 Å². The zero-order chi connectivity index (χ0) is 13.7. The maximum Gasteiger partial charge on any atom is 0.224 e. The fourth-order valence-electron chi connectivity index (χ4n) is 2.51. The molecule has 1 aliphatic carbocycles. The number of carbonyl (C=O) groups is 1. The number of halogens is 1. The van der Waals surface area contributed by atoms with Crippen molar-refractivity contribution >= 4 is 18.3 Å². The van der Waals surface area contributed by atoms with Gasteiger partial charge in [0.15, 0.2) is 0 Å². The first-order valence-corrected chi connectivity index (χ1v) is 7.23. The zero-order valence-electron chi connectivity index (χ0n) is 12.4. The van der Waals surface area contributed by atoms with E-state index in [-0.39, 0.29) is 18.3 Å². The lowest BCUT2D eigenvalue weighted by molar-refractivity contribution is -0.120. The number of hydrogen-bond donors (Lipinski definition) is 2. The van der Waals surface area contributed by atoms with Crippen molar-refractivity contribution in [2.75, 3.05) is 13.6 Å². The minimum atomic E-state index is 0. The summed E-state index contributed by atoms with van der Waals surface area (Å²) in [5, 5.41) is 6.07. The maximum atomic E-state index is 11.9. The molecule has 1 unspecified atom stereocenters. The van der Waals surface area contributed by atoms with Crippen LogP contribution in [-0.2, 0) is 24.1 Å². The molecule has 0 heterocycles. The van der Waals surface area contributed by atoms with Crippen LogP contribution in [0, 0.1) is 0 Å². The summed E-state index contributed by atoms with van der Waals surface area (Å²) in [5.74, 6) is 0.109. The van der Waals surface area contributed by atoms with Crippen molar-refractivity contribution in [3.8, 4) is 0 Å². The summed E-state index contributed by atoms with van der Waals surface area (Å²) in [6.45, 7) is 2.74. The van der Waals surface area contributed by atoms with E-state index in [9.17, 15) is 4.79 Å². The molecule has 1 aliphatic rings. The quantitative estimate of drug-likeness (QED) is 0.875. The molecular formula is C16H25ClN2O. The average molecular weight is 297 g/mol. The van der Waals surface area contributed by atoms with Crippen molar-refractivity contribution in [2.45, 2.75) is 45.1 Å². The number of carbonyl (C=O) groups excluding carboxylic acids is 1.